The van der Waals surface area contributed by atoms with Gasteiger partial charge in [-0.1, -0.05) is 0 Å². The minimum Gasteiger partial charge on any atom is -0.476 e. The summed E-state index contributed by atoms with van der Waals surface area (Å²) in [6.07, 6.45) is 8.28. The van der Waals surface area contributed by atoms with Crippen molar-refractivity contribution in [3.63, 3.8) is 0 Å². The fourth-order valence-electron chi connectivity index (χ4n) is 3.79. The number of nitrogens with zero attached hydrogens (tertiary/aromatic N) is 6. The molecule has 142 valence electrons. The van der Waals surface area contributed by atoms with Gasteiger partial charge in [-0.15, -0.1) is 5.10 Å². The fraction of sp³-hybridized carbons (Fsp3) is 0.429. The normalized spacial score (nSPS) is 17.6. The fourth-order valence-corrected chi connectivity index (χ4v) is 3.79. The van der Waals surface area contributed by atoms with E-state index in [2.05, 4.69) is 26.0 Å². The Morgan fingerprint density at radius 2 is 2.00 bits per heavy atom. The van der Waals surface area contributed by atoms with Crippen LogP contribution < -0.4 is 9.64 Å². The van der Waals surface area contributed by atoms with Gasteiger partial charge in [-0.05, 0) is 49.8 Å². The Morgan fingerprint density at radius 3 is 2.79 bits per heavy atom. The predicted octanol–water partition coefficient (Wildman–Crippen LogP) is 3.17. The van der Waals surface area contributed by atoms with Crippen molar-refractivity contribution in [1.29, 1.82) is 5.26 Å². The van der Waals surface area contributed by atoms with Crippen molar-refractivity contribution in [2.75, 3.05) is 24.6 Å². The van der Waals surface area contributed by atoms with Crippen molar-refractivity contribution in [3.8, 4) is 11.9 Å². The van der Waals surface area contributed by atoms with Crippen molar-refractivity contribution < 1.29 is 4.74 Å². The average molecular weight is 374 g/mol. The third-order valence-electron chi connectivity index (χ3n) is 5.60. The Balaban J connectivity index is 1.18. The maximum absolute atomic E-state index is 9.27. The molecule has 1 saturated heterocycles. The third-order valence-corrected chi connectivity index (χ3v) is 5.60. The van der Waals surface area contributed by atoms with Gasteiger partial charge in [0.25, 0.3) is 0 Å². The molecule has 2 aliphatic rings. The van der Waals surface area contributed by atoms with Crippen LogP contribution in [-0.2, 0) is 0 Å². The molecule has 0 amide bonds. The number of piperidine rings is 1. The van der Waals surface area contributed by atoms with E-state index in [0.29, 0.717) is 29.9 Å². The molecule has 0 unspecified atom stereocenters. The Hall–Kier alpha value is -3.14. The number of anilines is 1. The van der Waals surface area contributed by atoms with Crippen LogP contribution in [0.4, 0.5) is 5.82 Å². The first-order chi connectivity index (χ1) is 13.8. The number of imidazole rings is 1. The molecule has 1 aliphatic carbocycles. The highest BCUT2D eigenvalue weighted by molar-refractivity contribution is 5.53. The predicted molar refractivity (Wildman–Crippen MR) is 104 cm³/mol. The summed E-state index contributed by atoms with van der Waals surface area (Å²) in [5, 5.41) is 13.8. The Bertz CT molecular complexity index is 1030. The van der Waals surface area contributed by atoms with E-state index in [1.807, 2.05) is 28.9 Å². The molecule has 0 spiro atoms. The van der Waals surface area contributed by atoms with Crippen molar-refractivity contribution in [1.82, 2.24) is 19.6 Å². The van der Waals surface area contributed by atoms with Crippen LogP contribution in [0.2, 0.25) is 0 Å². The molecular formula is C21H22N6O. The molecule has 7 nitrogen and oxygen atoms in total. The van der Waals surface area contributed by atoms with Gasteiger partial charge in [0.15, 0.2) is 5.65 Å². The van der Waals surface area contributed by atoms with Crippen molar-refractivity contribution in [2.45, 2.75) is 31.6 Å². The highest BCUT2D eigenvalue weighted by atomic mass is 16.5. The molecule has 3 aromatic heterocycles. The second kappa shape index (κ2) is 7.12. The molecule has 0 radical (unpaired) electrons. The molecule has 1 aliphatic heterocycles. The number of hydrogen-bond acceptors (Lipinski definition) is 6. The Kier molecular flexibility index (Phi) is 4.32. The zero-order valence-corrected chi connectivity index (χ0v) is 15.7. The highest BCUT2D eigenvalue weighted by Crippen LogP contribution is 2.39. The molecule has 0 atom stereocenters. The summed E-state index contributed by atoms with van der Waals surface area (Å²) in [5.41, 5.74) is 2.66. The van der Waals surface area contributed by atoms with Crippen LogP contribution in [0.3, 0.4) is 0 Å². The molecule has 2 fully saturated rings. The van der Waals surface area contributed by atoms with Crippen LogP contribution in [0, 0.1) is 17.2 Å². The van der Waals surface area contributed by atoms with E-state index in [0.717, 1.165) is 43.1 Å². The van der Waals surface area contributed by atoms with Crippen LogP contribution in [-0.4, -0.2) is 39.3 Å². The molecule has 5 rings (SSSR count). The van der Waals surface area contributed by atoms with Crippen LogP contribution in [0.1, 0.15) is 42.9 Å². The minimum absolute atomic E-state index is 0.479. The van der Waals surface area contributed by atoms with E-state index >= 15 is 0 Å². The molecule has 1 saturated carbocycles. The van der Waals surface area contributed by atoms with Gasteiger partial charge < -0.3 is 9.64 Å². The first-order valence-corrected chi connectivity index (χ1v) is 9.89. The Morgan fingerprint density at radius 1 is 1.14 bits per heavy atom. The average Bonchev–Trinajstić information content (AvgIpc) is 3.51. The molecule has 0 aromatic carbocycles. The van der Waals surface area contributed by atoms with Crippen LogP contribution in [0.5, 0.6) is 5.88 Å². The quantitative estimate of drug-likeness (QED) is 0.682. The summed E-state index contributed by atoms with van der Waals surface area (Å²) < 4.78 is 7.81. The molecule has 7 heteroatoms. The summed E-state index contributed by atoms with van der Waals surface area (Å²) in [4.78, 5) is 11.2. The van der Waals surface area contributed by atoms with Gasteiger partial charge in [-0.25, -0.2) is 14.5 Å². The lowest BCUT2D eigenvalue weighted by Crippen LogP contribution is -2.36. The zero-order valence-electron chi connectivity index (χ0n) is 15.7. The molecule has 28 heavy (non-hydrogen) atoms. The lowest BCUT2D eigenvalue weighted by molar-refractivity contribution is 0.213. The number of hydrogen-bond donors (Lipinski definition) is 0. The summed E-state index contributed by atoms with van der Waals surface area (Å²) in [7, 11) is 0. The molecule has 4 heterocycles. The minimum atomic E-state index is 0.479. The number of ether oxygens (including phenoxy) is 1. The van der Waals surface area contributed by atoms with E-state index in [-0.39, 0.29) is 0 Å². The second-order valence-corrected chi connectivity index (χ2v) is 7.64. The number of aromatic nitrogens is 4. The van der Waals surface area contributed by atoms with Gasteiger partial charge in [0.1, 0.15) is 11.9 Å². The van der Waals surface area contributed by atoms with Crippen LogP contribution in [0.15, 0.2) is 36.7 Å². The standard InChI is InChI=1S/C21H22N6O/c22-12-17-2-1-9-23-21(17)26-10-7-15(8-11-26)14-28-20-6-5-19-24-18(16-3-4-16)13-27(19)25-20/h1-2,5-6,9,13,15-16H,3-4,7-8,10-11,14H2. The molecule has 0 N–H and O–H groups in total. The maximum atomic E-state index is 9.27. The van der Waals surface area contributed by atoms with Crippen LogP contribution >= 0.6 is 0 Å². The summed E-state index contributed by atoms with van der Waals surface area (Å²) in [5.74, 6) is 2.54. The topological polar surface area (TPSA) is 79.3 Å². The smallest absolute Gasteiger partial charge is 0.231 e. The first kappa shape index (κ1) is 17.0. The monoisotopic (exact) mass is 374 g/mol. The van der Waals surface area contributed by atoms with E-state index in [9.17, 15) is 5.26 Å². The third kappa shape index (κ3) is 3.38. The van der Waals surface area contributed by atoms with E-state index < -0.39 is 0 Å². The van der Waals surface area contributed by atoms with Gasteiger partial charge in [0.05, 0.1) is 24.1 Å². The maximum Gasteiger partial charge on any atom is 0.231 e. The number of pyridine rings is 1. The van der Waals surface area contributed by atoms with Gasteiger partial charge in [-0.3, -0.25) is 0 Å². The van der Waals surface area contributed by atoms with Crippen molar-refractivity contribution in [2.24, 2.45) is 5.92 Å². The molecule has 3 aromatic rings. The highest BCUT2D eigenvalue weighted by Gasteiger charge is 2.26. The largest absolute Gasteiger partial charge is 0.476 e. The van der Waals surface area contributed by atoms with E-state index in [1.165, 1.54) is 12.8 Å². The Labute approximate surface area is 163 Å². The van der Waals surface area contributed by atoms with E-state index in [4.69, 9.17) is 4.74 Å². The zero-order chi connectivity index (χ0) is 18.9. The lowest BCUT2D eigenvalue weighted by atomic mass is 9.97. The van der Waals surface area contributed by atoms with Crippen molar-refractivity contribution >= 4 is 11.5 Å². The lowest BCUT2D eigenvalue weighted by Gasteiger charge is -2.32. The summed E-state index contributed by atoms with van der Waals surface area (Å²) in [6.45, 7) is 2.43. The van der Waals surface area contributed by atoms with Crippen molar-refractivity contribution in [3.05, 3.63) is 47.9 Å². The molecule has 0 bridgehead atoms. The summed E-state index contributed by atoms with van der Waals surface area (Å²) >= 11 is 0. The van der Waals surface area contributed by atoms with Gasteiger partial charge in [-0.2, -0.15) is 5.26 Å². The SMILES string of the molecule is N#Cc1cccnc1N1CCC(COc2ccc3nc(C4CC4)cn3n2)CC1. The number of nitriles is 1. The van der Waals surface area contributed by atoms with E-state index in [1.54, 1.807) is 12.3 Å². The summed E-state index contributed by atoms with van der Waals surface area (Å²) in [6, 6.07) is 9.74. The van der Waals surface area contributed by atoms with Gasteiger partial charge in [0, 0.05) is 31.3 Å². The second-order valence-electron chi connectivity index (χ2n) is 7.64. The van der Waals surface area contributed by atoms with Gasteiger partial charge in [0.2, 0.25) is 5.88 Å². The van der Waals surface area contributed by atoms with Gasteiger partial charge >= 0.3 is 0 Å². The molecular weight excluding hydrogens is 352 g/mol. The first-order valence-electron chi connectivity index (χ1n) is 9.89. The number of rotatable bonds is 5. The van der Waals surface area contributed by atoms with Crippen LogP contribution in [0.25, 0.3) is 5.65 Å². The number of fused-ring (bicyclic) bond motifs is 1.